The standard InChI is InChI=1S/C13H18N2O2/c1-3-5-11-14-8-10(13(16)17-4-2)12(15-11)9-6-7-9/h8-9H,3-7H2,1-2H3. The Morgan fingerprint density at radius 2 is 2.24 bits per heavy atom. The number of hydrogen-bond acceptors (Lipinski definition) is 4. The monoisotopic (exact) mass is 234 g/mol. The maximum atomic E-state index is 11.8. The second-order valence-electron chi connectivity index (χ2n) is 4.33. The fraction of sp³-hybridized carbons (Fsp3) is 0.615. The van der Waals surface area contributed by atoms with Gasteiger partial charge in [-0.3, -0.25) is 0 Å². The van der Waals surface area contributed by atoms with Crippen LogP contribution in [0.25, 0.3) is 0 Å². The molecule has 0 N–H and O–H groups in total. The van der Waals surface area contributed by atoms with Gasteiger partial charge in [-0.25, -0.2) is 14.8 Å². The highest BCUT2D eigenvalue weighted by molar-refractivity contribution is 5.90. The van der Waals surface area contributed by atoms with Crippen LogP contribution < -0.4 is 0 Å². The first-order valence-electron chi connectivity index (χ1n) is 6.29. The van der Waals surface area contributed by atoms with Gasteiger partial charge in [-0.15, -0.1) is 0 Å². The molecule has 0 radical (unpaired) electrons. The molecule has 0 saturated heterocycles. The molecule has 4 heteroatoms. The summed E-state index contributed by atoms with van der Waals surface area (Å²) < 4.78 is 5.03. The van der Waals surface area contributed by atoms with E-state index in [0.29, 0.717) is 18.1 Å². The van der Waals surface area contributed by atoms with Gasteiger partial charge in [-0.1, -0.05) is 6.92 Å². The van der Waals surface area contributed by atoms with Crippen LogP contribution in [0.3, 0.4) is 0 Å². The lowest BCUT2D eigenvalue weighted by molar-refractivity contribution is 0.0523. The van der Waals surface area contributed by atoms with E-state index in [0.717, 1.165) is 37.2 Å². The number of aryl methyl sites for hydroxylation is 1. The summed E-state index contributed by atoms with van der Waals surface area (Å²) >= 11 is 0. The third-order valence-corrected chi connectivity index (χ3v) is 2.80. The number of carbonyl (C=O) groups excluding carboxylic acids is 1. The van der Waals surface area contributed by atoms with Crippen LogP contribution in [0.1, 0.15) is 60.9 Å². The summed E-state index contributed by atoms with van der Waals surface area (Å²) in [6, 6.07) is 0. The zero-order valence-corrected chi connectivity index (χ0v) is 10.4. The number of rotatable bonds is 5. The molecule has 0 aromatic carbocycles. The lowest BCUT2D eigenvalue weighted by atomic mass is 10.1. The highest BCUT2D eigenvalue weighted by atomic mass is 16.5. The van der Waals surface area contributed by atoms with Crippen molar-refractivity contribution in [2.24, 2.45) is 0 Å². The van der Waals surface area contributed by atoms with Gasteiger partial charge in [-0.05, 0) is 26.2 Å². The quantitative estimate of drug-likeness (QED) is 0.734. The number of hydrogen-bond donors (Lipinski definition) is 0. The van der Waals surface area contributed by atoms with Crippen molar-refractivity contribution >= 4 is 5.97 Å². The SMILES string of the molecule is CCCc1ncc(C(=O)OCC)c(C2CC2)n1. The van der Waals surface area contributed by atoms with E-state index in [2.05, 4.69) is 16.9 Å². The van der Waals surface area contributed by atoms with E-state index in [1.807, 2.05) is 0 Å². The van der Waals surface area contributed by atoms with Crippen molar-refractivity contribution in [2.45, 2.75) is 45.4 Å². The van der Waals surface area contributed by atoms with E-state index in [1.54, 1.807) is 13.1 Å². The van der Waals surface area contributed by atoms with Crippen LogP contribution >= 0.6 is 0 Å². The van der Waals surface area contributed by atoms with E-state index >= 15 is 0 Å². The summed E-state index contributed by atoms with van der Waals surface area (Å²) in [4.78, 5) is 20.5. The summed E-state index contributed by atoms with van der Waals surface area (Å²) in [5.74, 6) is 0.980. The molecule has 1 aliphatic rings. The van der Waals surface area contributed by atoms with Gasteiger partial charge in [0, 0.05) is 18.5 Å². The average molecular weight is 234 g/mol. The molecule has 1 fully saturated rings. The smallest absolute Gasteiger partial charge is 0.341 e. The normalized spacial score (nSPS) is 14.7. The van der Waals surface area contributed by atoms with E-state index in [4.69, 9.17) is 4.74 Å². The minimum Gasteiger partial charge on any atom is -0.462 e. The molecule has 0 unspecified atom stereocenters. The van der Waals surface area contributed by atoms with E-state index in [1.165, 1.54) is 0 Å². The molecule has 1 aromatic rings. The Morgan fingerprint density at radius 1 is 1.47 bits per heavy atom. The van der Waals surface area contributed by atoms with Crippen molar-refractivity contribution < 1.29 is 9.53 Å². The molecule has 1 aliphatic carbocycles. The van der Waals surface area contributed by atoms with Crippen LogP contribution in [0.2, 0.25) is 0 Å². The van der Waals surface area contributed by atoms with E-state index in [9.17, 15) is 4.79 Å². The van der Waals surface area contributed by atoms with Gasteiger partial charge in [0.05, 0.1) is 17.9 Å². The lowest BCUT2D eigenvalue weighted by Crippen LogP contribution is -2.11. The Balaban J connectivity index is 2.27. The number of aromatic nitrogens is 2. The fourth-order valence-electron chi connectivity index (χ4n) is 1.81. The lowest BCUT2D eigenvalue weighted by Gasteiger charge is -2.08. The molecule has 1 saturated carbocycles. The molecular weight excluding hydrogens is 216 g/mol. The molecule has 0 spiro atoms. The summed E-state index contributed by atoms with van der Waals surface area (Å²) in [6.45, 7) is 4.29. The van der Waals surface area contributed by atoms with Crippen LogP contribution in [0.4, 0.5) is 0 Å². The molecule has 17 heavy (non-hydrogen) atoms. The Labute approximate surface area is 101 Å². The Bertz CT molecular complexity index is 414. The molecule has 4 nitrogen and oxygen atoms in total. The molecule has 1 aromatic heterocycles. The maximum absolute atomic E-state index is 11.8. The molecule has 0 bridgehead atoms. The topological polar surface area (TPSA) is 52.1 Å². The fourth-order valence-corrected chi connectivity index (χ4v) is 1.81. The van der Waals surface area contributed by atoms with Gasteiger partial charge < -0.3 is 4.74 Å². The summed E-state index contributed by atoms with van der Waals surface area (Å²) in [5, 5.41) is 0. The molecule has 0 amide bonds. The molecule has 2 rings (SSSR count). The first-order valence-corrected chi connectivity index (χ1v) is 6.29. The van der Waals surface area contributed by atoms with Crippen molar-refractivity contribution in [2.75, 3.05) is 6.61 Å². The van der Waals surface area contributed by atoms with E-state index < -0.39 is 0 Å². The first-order chi connectivity index (χ1) is 8.26. The third-order valence-electron chi connectivity index (χ3n) is 2.80. The van der Waals surface area contributed by atoms with Crippen LogP contribution in [0.5, 0.6) is 0 Å². The summed E-state index contributed by atoms with van der Waals surface area (Å²) in [6.07, 6.45) is 5.75. The summed E-state index contributed by atoms with van der Waals surface area (Å²) in [5.41, 5.74) is 1.44. The molecule has 1 heterocycles. The number of esters is 1. The predicted octanol–water partition coefficient (Wildman–Crippen LogP) is 2.48. The van der Waals surface area contributed by atoms with Gasteiger partial charge in [-0.2, -0.15) is 0 Å². The van der Waals surface area contributed by atoms with Gasteiger partial charge in [0.15, 0.2) is 0 Å². The second-order valence-corrected chi connectivity index (χ2v) is 4.33. The largest absolute Gasteiger partial charge is 0.462 e. The second kappa shape index (κ2) is 5.25. The van der Waals surface area contributed by atoms with Crippen molar-refractivity contribution in [1.29, 1.82) is 0 Å². The minimum atomic E-state index is -0.294. The van der Waals surface area contributed by atoms with E-state index in [-0.39, 0.29) is 5.97 Å². The number of ether oxygens (including phenoxy) is 1. The predicted molar refractivity (Wildman–Crippen MR) is 64.0 cm³/mol. The minimum absolute atomic E-state index is 0.294. The Kier molecular flexibility index (Phi) is 3.71. The summed E-state index contributed by atoms with van der Waals surface area (Å²) in [7, 11) is 0. The van der Waals surface area contributed by atoms with Crippen molar-refractivity contribution in [3.8, 4) is 0 Å². The Morgan fingerprint density at radius 3 is 2.82 bits per heavy atom. The Hall–Kier alpha value is -1.45. The number of carbonyl (C=O) groups is 1. The maximum Gasteiger partial charge on any atom is 0.341 e. The van der Waals surface area contributed by atoms with Gasteiger partial charge in [0.25, 0.3) is 0 Å². The van der Waals surface area contributed by atoms with Crippen molar-refractivity contribution in [3.63, 3.8) is 0 Å². The highest BCUT2D eigenvalue weighted by Gasteiger charge is 2.30. The number of nitrogens with zero attached hydrogens (tertiary/aromatic N) is 2. The van der Waals surface area contributed by atoms with Crippen LogP contribution in [0.15, 0.2) is 6.20 Å². The van der Waals surface area contributed by atoms with Crippen molar-refractivity contribution in [3.05, 3.63) is 23.3 Å². The molecule has 0 aliphatic heterocycles. The molecule has 0 atom stereocenters. The van der Waals surface area contributed by atoms with Gasteiger partial charge in [0.1, 0.15) is 5.82 Å². The van der Waals surface area contributed by atoms with Crippen LogP contribution in [0, 0.1) is 0 Å². The zero-order chi connectivity index (χ0) is 12.3. The van der Waals surface area contributed by atoms with Gasteiger partial charge in [0.2, 0.25) is 0 Å². The molecular formula is C13H18N2O2. The molecule has 92 valence electrons. The van der Waals surface area contributed by atoms with Gasteiger partial charge >= 0.3 is 5.97 Å². The first kappa shape index (κ1) is 12.0. The average Bonchev–Trinajstić information content (AvgIpc) is 3.13. The van der Waals surface area contributed by atoms with Crippen LogP contribution in [-0.2, 0) is 11.2 Å². The highest BCUT2D eigenvalue weighted by Crippen LogP contribution is 2.40. The van der Waals surface area contributed by atoms with Crippen molar-refractivity contribution in [1.82, 2.24) is 9.97 Å². The zero-order valence-electron chi connectivity index (χ0n) is 10.4. The van der Waals surface area contributed by atoms with Crippen LogP contribution in [-0.4, -0.2) is 22.5 Å². The third kappa shape index (κ3) is 2.81.